The van der Waals surface area contributed by atoms with Gasteiger partial charge in [0.25, 0.3) is 5.91 Å². The Hall–Kier alpha value is -2.47. The molecule has 0 aliphatic carbocycles. The lowest BCUT2D eigenvalue weighted by atomic mass is 9.94. The lowest BCUT2D eigenvalue weighted by Gasteiger charge is -2.21. The van der Waals surface area contributed by atoms with Gasteiger partial charge in [-0.1, -0.05) is 0 Å². The molecule has 23 heavy (non-hydrogen) atoms. The number of amides is 1. The van der Waals surface area contributed by atoms with E-state index >= 15 is 0 Å². The molecule has 1 saturated heterocycles. The number of aromatic nitrogens is 1. The molecule has 3 rings (SSSR count). The van der Waals surface area contributed by atoms with E-state index in [0.717, 1.165) is 25.9 Å². The first-order chi connectivity index (χ1) is 11.1. The smallest absolute Gasteiger partial charge is 0.349 e. The van der Waals surface area contributed by atoms with Crippen LogP contribution in [0.5, 0.6) is 0 Å². The first kappa shape index (κ1) is 15.4. The Morgan fingerprint density at radius 3 is 2.83 bits per heavy atom. The molecule has 0 spiro atoms. The third-order valence-corrected chi connectivity index (χ3v) is 4.06. The van der Waals surface area contributed by atoms with Gasteiger partial charge in [0.1, 0.15) is 11.3 Å². The van der Waals surface area contributed by atoms with Gasteiger partial charge in [-0.25, -0.2) is 4.79 Å². The standard InChI is InChI=1S/C17H19N3O3/c1-11-9-14(12-4-7-18-8-5-12)23-17(22)15(11)16(21)20-13-3-2-6-19-10-13/h2-3,6,9-10,12,18H,4-5,7-8H2,1H3,(H,20,21). The van der Waals surface area contributed by atoms with Gasteiger partial charge in [0, 0.05) is 12.1 Å². The summed E-state index contributed by atoms with van der Waals surface area (Å²) in [5.41, 5.74) is 0.640. The van der Waals surface area contributed by atoms with Crippen molar-refractivity contribution in [2.45, 2.75) is 25.7 Å². The van der Waals surface area contributed by atoms with Crippen molar-refractivity contribution >= 4 is 11.6 Å². The van der Waals surface area contributed by atoms with Gasteiger partial charge >= 0.3 is 5.63 Å². The lowest BCUT2D eigenvalue weighted by molar-refractivity contribution is 0.102. The monoisotopic (exact) mass is 313 g/mol. The number of piperidine rings is 1. The molecule has 0 bridgehead atoms. The van der Waals surface area contributed by atoms with E-state index in [2.05, 4.69) is 15.6 Å². The van der Waals surface area contributed by atoms with Crippen molar-refractivity contribution in [2.24, 2.45) is 0 Å². The van der Waals surface area contributed by atoms with E-state index in [9.17, 15) is 9.59 Å². The average molecular weight is 313 g/mol. The molecule has 2 aromatic heterocycles. The van der Waals surface area contributed by atoms with E-state index in [-0.39, 0.29) is 11.5 Å². The van der Waals surface area contributed by atoms with Crippen molar-refractivity contribution in [3.63, 3.8) is 0 Å². The molecule has 0 unspecified atom stereocenters. The molecule has 1 aliphatic heterocycles. The van der Waals surface area contributed by atoms with Crippen molar-refractivity contribution in [1.82, 2.24) is 10.3 Å². The zero-order valence-corrected chi connectivity index (χ0v) is 13.0. The SMILES string of the molecule is Cc1cc(C2CCNCC2)oc(=O)c1C(=O)Nc1cccnc1. The Balaban J connectivity index is 1.85. The first-order valence-corrected chi connectivity index (χ1v) is 7.72. The number of pyridine rings is 1. The molecule has 1 amide bonds. The summed E-state index contributed by atoms with van der Waals surface area (Å²) in [4.78, 5) is 28.5. The summed E-state index contributed by atoms with van der Waals surface area (Å²) in [6.07, 6.45) is 5.01. The van der Waals surface area contributed by atoms with Gasteiger partial charge in [0.15, 0.2) is 0 Å². The summed E-state index contributed by atoms with van der Waals surface area (Å²) >= 11 is 0. The van der Waals surface area contributed by atoms with Crippen molar-refractivity contribution in [1.29, 1.82) is 0 Å². The molecular weight excluding hydrogens is 294 g/mol. The molecule has 1 aliphatic rings. The Labute approximate surface area is 133 Å². The van der Waals surface area contributed by atoms with Crippen LogP contribution in [0.15, 0.2) is 39.8 Å². The van der Waals surface area contributed by atoms with Gasteiger partial charge in [-0.3, -0.25) is 9.78 Å². The molecular formula is C17H19N3O3. The summed E-state index contributed by atoms with van der Waals surface area (Å²) in [5.74, 6) is 0.436. The highest BCUT2D eigenvalue weighted by Gasteiger charge is 2.22. The Kier molecular flexibility index (Phi) is 4.52. The summed E-state index contributed by atoms with van der Waals surface area (Å²) in [7, 11) is 0. The Morgan fingerprint density at radius 2 is 2.17 bits per heavy atom. The number of hydrogen-bond donors (Lipinski definition) is 2. The summed E-state index contributed by atoms with van der Waals surface area (Å²) in [5, 5.41) is 5.95. The predicted octanol–water partition coefficient (Wildman–Crippen LogP) is 2.06. The number of rotatable bonds is 3. The maximum Gasteiger partial charge on any atom is 0.349 e. The van der Waals surface area contributed by atoms with Crippen molar-refractivity contribution < 1.29 is 9.21 Å². The molecule has 0 aromatic carbocycles. The quantitative estimate of drug-likeness (QED) is 0.906. The van der Waals surface area contributed by atoms with E-state index < -0.39 is 11.5 Å². The molecule has 1 fully saturated rings. The van der Waals surface area contributed by atoms with E-state index in [0.29, 0.717) is 17.0 Å². The van der Waals surface area contributed by atoms with Gasteiger partial charge in [-0.2, -0.15) is 0 Å². The Bertz CT molecular complexity index is 749. The lowest BCUT2D eigenvalue weighted by Crippen LogP contribution is -2.28. The van der Waals surface area contributed by atoms with Crippen LogP contribution in [-0.2, 0) is 0 Å². The van der Waals surface area contributed by atoms with Crippen molar-refractivity contribution in [2.75, 3.05) is 18.4 Å². The fourth-order valence-corrected chi connectivity index (χ4v) is 2.84. The highest BCUT2D eigenvalue weighted by molar-refractivity contribution is 6.04. The maximum absolute atomic E-state index is 12.3. The van der Waals surface area contributed by atoms with Gasteiger partial charge in [0.05, 0.1) is 11.9 Å². The molecule has 0 radical (unpaired) electrons. The molecule has 2 aromatic rings. The molecule has 6 nitrogen and oxygen atoms in total. The second kappa shape index (κ2) is 6.75. The highest BCUT2D eigenvalue weighted by Crippen LogP contribution is 2.25. The second-order valence-electron chi connectivity index (χ2n) is 5.71. The van der Waals surface area contributed by atoms with Crippen LogP contribution >= 0.6 is 0 Å². The van der Waals surface area contributed by atoms with Crippen molar-refractivity contribution in [3.8, 4) is 0 Å². The molecule has 0 atom stereocenters. The zero-order chi connectivity index (χ0) is 16.2. The third-order valence-electron chi connectivity index (χ3n) is 4.06. The molecule has 3 heterocycles. The number of hydrogen-bond acceptors (Lipinski definition) is 5. The van der Waals surface area contributed by atoms with Crippen LogP contribution in [0.1, 0.15) is 40.4 Å². The number of carbonyl (C=O) groups excluding carboxylic acids is 1. The molecule has 120 valence electrons. The van der Waals surface area contributed by atoms with Gasteiger partial charge in [-0.15, -0.1) is 0 Å². The van der Waals surface area contributed by atoms with E-state index in [1.807, 2.05) is 6.07 Å². The summed E-state index contributed by atoms with van der Waals surface area (Å²) in [6.45, 7) is 3.59. The van der Waals surface area contributed by atoms with Gasteiger partial charge < -0.3 is 15.1 Å². The minimum absolute atomic E-state index is 0.0477. The molecule has 6 heteroatoms. The predicted molar refractivity (Wildman–Crippen MR) is 86.7 cm³/mol. The number of carbonyl (C=O) groups is 1. The summed E-state index contributed by atoms with van der Waals surface area (Å²) in [6, 6.07) is 5.24. The molecule has 0 saturated carbocycles. The van der Waals surface area contributed by atoms with Crippen LogP contribution in [0.4, 0.5) is 5.69 Å². The fraction of sp³-hybridized carbons (Fsp3) is 0.353. The number of nitrogens with zero attached hydrogens (tertiary/aromatic N) is 1. The minimum Gasteiger partial charge on any atom is -0.427 e. The Morgan fingerprint density at radius 1 is 1.39 bits per heavy atom. The second-order valence-corrected chi connectivity index (χ2v) is 5.71. The minimum atomic E-state index is -0.583. The normalized spacial score (nSPS) is 15.3. The topological polar surface area (TPSA) is 84.2 Å². The largest absolute Gasteiger partial charge is 0.427 e. The number of aryl methyl sites for hydroxylation is 1. The molecule has 2 N–H and O–H groups in total. The van der Waals surface area contributed by atoms with Crippen LogP contribution in [0.25, 0.3) is 0 Å². The van der Waals surface area contributed by atoms with Crippen LogP contribution in [0, 0.1) is 6.92 Å². The fourth-order valence-electron chi connectivity index (χ4n) is 2.84. The van der Waals surface area contributed by atoms with Gasteiger partial charge in [-0.05, 0) is 56.6 Å². The van der Waals surface area contributed by atoms with Crippen LogP contribution < -0.4 is 16.3 Å². The zero-order valence-electron chi connectivity index (χ0n) is 13.0. The maximum atomic E-state index is 12.3. The van der Waals surface area contributed by atoms with Gasteiger partial charge in [0.2, 0.25) is 0 Å². The summed E-state index contributed by atoms with van der Waals surface area (Å²) < 4.78 is 5.43. The highest BCUT2D eigenvalue weighted by atomic mass is 16.4. The average Bonchev–Trinajstić information content (AvgIpc) is 2.56. The third kappa shape index (κ3) is 3.48. The van der Waals surface area contributed by atoms with Crippen molar-refractivity contribution in [3.05, 3.63) is 57.9 Å². The van der Waals surface area contributed by atoms with E-state index in [1.165, 1.54) is 6.20 Å². The van der Waals surface area contributed by atoms with Crippen LogP contribution in [0.3, 0.4) is 0 Å². The number of nitrogens with one attached hydrogen (secondary N) is 2. The van der Waals surface area contributed by atoms with E-state index in [1.54, 1.807) is 25.3 Å². The van der Waals surface area contributed by atoms with E-state index in [4.69, 9.17) is 4.42 Å². The number of anilines is 1. The van der Waals surface area contributed by atoms with Crippen LogP contribution in [-0.4, -0.2) is 24.0 Å². The van der Waals surface area contributed by atoms with Crippen LogP contribution in [0.2, 0.25) is 0 Å². The first-order valence-electron chi connectivity index (χ1n) is 7.72.